The molecule has 3 rings (SSSR count). The molecule has 2 heterocycles. The second kappa shape index (κ2) is 9.54. The largest absolute Gasteiger partial charge is 0.484 e. The molecular formula is C20H26N2O4S2. The molecule has 2 aromatic rings. The highest BCUT2D eigenvalue weighted by Gasteiger charge is 2.26. The molecule has 0 radical (unpaired) electrons. The van der Waals surface area contributed by atoms with Crippen LogP contribution in [0.25, 0.3) is 0 Å². The first-order valence-electron chi connectivity index (χ1n) is 9.50. The van der Waals surface area contributed by atoms with Gasteiger partial charge in [-0.05, 0) is 49.6 Å². The van der Waals surface area contributed by atoms with Gasteiger partial charge in [0.25, 0.3) is 15.9 Å². The quantitative estimate of drug-likeness (QED) is 0.743. The molecule has 1 aromatic heterocycles. The summed E-state index contributed by atoms with van der Waals surface area (Å²) in [5.74, 6) is 0.406. The fourth-order valence-electron chi connectivity index (χ4n) is 3.09. The number of carbonyl (C=O) groups excluding carboxylic acids is 1. The molecule has 0 aliphatic carbocycles. The topological polar surface area (TPSA) is 75.7 Å². The maximum atomic E-state index is 12.8. The molecule has 0 spiro atoms. The predicted molar refractivity (Wildman–Crippen MR) is 110 cm³/mol. The van der Waals surface area contributed by atoms with Gasteiger partial charge in [0.2, 0.25) is 0 Å². The Kier molecular flexibility index (Phi) is 7.09. The first-order chi connectivity index (χ1) is 13.4. The lowest BCUT2D eigenvalue weighted by Crippen LogP contribution is -2.31. The van der Waals surface area contributed by atoms with Crippen molar-refractivity contribution in [3.8, 4) is 5.75 Å². The van der Waals surface area contributed by atoms with Gasteiger partial charge in [-0.1, -0.05) is 25.0 Å². The van der Waals surface area contributed by atoms with Crippen LogP contribution in [-0.2, 0) is 21.4 Å². The van der Waals surface area contributed by atoms with Crippen molar-refractivity contribution in [2.24, 2.45) is 0 Å². The molecule has 28 heavy (non-hydrogen) atoms. The van der Waals surface area contributed by atoms with E-state index in [2.05, 4.69) is 5.32 Å². The Hall–Kier alpha value is -1.90. The lowest BCUT2D eigenvalue weighted by atomic mass is 10.2. The summed E-state index contributed by atoms with van der Waals surface area (Å²) in [5.41, 5.74) is 1.06. The lowest BCUT2D eigenvalue weighted by Gasteiger charge is -2.18. The zero-order valence-electron chi connectivity index (χ0n) is 16.0. The second-order valence-electron chi connectivity index (χ2n) is 6.92. The number of hydrogen-bond acceptors (Lipinski definition) is 5. The van der Waals surface area contributed by atoms with Crippen molar-refractivity contribution >= 4 is 27.3 Å². The molecule has 0 saturated carbocycles. The summed E-state index contributed by atoms with van der Waals surface area (Å²) in [6.45, 7) is 3.34. The molecule has 6 nitrogen and oxygen atoms in total. The lowest BCUT2D eigenvalue weighted by molar-refractivity contribution is -0.123. The van der Waals surface area contributed by atoms with Crippen LogP contribution in [0.4, 0.5) is 0 Å². The van der Waals surface area contributed by atoms with Gasteiger partial charge in [0.05, 0.1) is 6.54 Å². The van der Waals surface area contributed by atoms with E-state index in [1.165, 1.54) is 11.3 Å². The summed E-state index contributed by atoms with van der Waals surface area (Å²) in [6, 6.07) is 10.9. The van der Waals surface area contributed by atoms with Gasteiger partial charge in [-0.25, -0.2) is 8.42 Å². The maximum absolute atomic E-state index is 12.8. The van der Waals surface area contributed by atoms with Gasteiger partial charge < -0.3 is 10.1 Å². The number of sulfonamides is 1. The third-order valence-corrected chi connectivity index (χ3v) is 8.07. The number of ether oxygens (including phenoxy) is 1. The molecule has 0 atom stereocenters. The summed E-state index contributed by atoms with van der Waals surface area (Å²) in [4.78, 5) is 12.8. The average Bonchev–Trinajstić information content (AvgIpc) is 2.98. The monoisotopic (exact) mass is 422 g/mol. The number of hydrogen-bond donors (Lipinski definition) is 1. The third kappa shape index (κ3) is 5.56. The van der Waals surface area contributed by atoms with Gasteiger partial charge in [0.1, 0.15) is 9.96 Å². The van der Waals surface area contributed by atoms with E-state index in [0.29, 0.717) is 23.0 Å². The summed E-state index contributed by atoms with van der Waals surface area (Å²) >= 11 is 1.21. The number of benzene rings is 1. The predicted octanol–water partition coefficient (Wildman–Crippen LogP) is 3.32. The van der Waals surface area contributed by atoms with Gasteiger partial charge in [-0.15, -0.1) is 11.3 Å². The number of aryl methyl sites for hydroxylation is 1. The molecule has 1 amide bonds. The number of rotatable bonds is 7. The average molecular weight is 423 g/mol. The Morgan fingerprint density at radius 3 is 2.61 bits per heavy atom. The van der Waals surface area contributed by atoms with E-state index in [4.69, 9.17) is 4.74 Å². The Bertz CT molecular complexity index is 900. The highest BCUT2D eigenvalue weighted by molar-refractivity contribution is 7.91. The number of amides is 1. The minimum absolute atomic E-state index is 0.0756. The standard InChI is InChI=1S/C20H26N2O4S2/c1-16-7-6-8-17(13-16)26-15-19(23)21-14-18-9-10-20(27-18)28(24,25)22-11-4-2-3-5-12-22/h6-10,13H,2-5,11-12,14-15H2,1H3,(H,21,23). The van der Waals surface area contributed by atoms with E-state index in [-0.39, 0.29) is 19.1 Å². The van der Waals surface area contributed by atoms with Crippen molar-refractivity contribution in [2.75, 3.05) is 19.7 Å². The van der Waals surface area contributed by atoms with Crippen LogP contribution in [0.2, 0.25) is 0 Å². The number of thiophene rings is 1. The van der Waals surface area contributed by atoms with Crippen molar-refractivity contribution in [3.63, 3.8) is 0 Å². The third-order valence-electron chi connectivity index (χ3n) is 4.62. The molecule has 1 aromatic carbocycles. The van der Waals surface area contributed by atoms with Crippen LogP contribution in [0, 0.1) is 6.92 Å². The molecule has 1 aliphatic rings. The van der Waals surface area contributed by atoms with Gasteiger partial charge in [-0.3, -0.25) is 4.79 Å². The summed E-state index contributed by atoms with van der Waals surface area (Å²) in [5, 5.41) is 2.78. The summed E-state index contributed by atoms with van der Waals surface area (Å²) in [7, 11) is -3.44. The van der Waals surface area contributed by atoms with E-state index in [1.807, 2.05) is 25.1 Å². The number of nitrogens with one attached hydrogen (secondary N) is 1. The van der Waals surface area contributed by atoms with Crippen LogP contribution in [-0.4, -0.2) is 38.3 Å². The highest BCUT2D eigenvalue weighted by Crippen LogP contribution is 2.26. The smallest absolute Gasteiger partial charge is 0.258 e. The fourth-order valence-corrected chi connectivity index (χ4v) is 6.06. The van der Waals surface area contributed by atoms with E-state index in [0.717, 1.165) is 36.1 Å². The van der Waals surface area contributed by atoms with Crippen LogP contribution in [0.3, 0.4) is 0 Å². The Morgan fingerprint density at radius 2 is 1.89 bits per heavy atom. The number of nitrogens with zero attached hydrogens (tertiary/aromatic N) is 1. The molecule has 1 aliphatic heterocycles. The Labute approximate surface area is 170 Å². The van der Waals surface area contributed by atoms with Gasteiger partial charge in [-0.2, -0.15) is 4.31 Å². The minimum atomic E-state index is -3.44. The van der Waals surface area contributed by atoms with Crippen LogP contribution < -0.4 is 10.1 Å². The van der Waals surface area contributed by atoms with Crippen molar-refractivity contribution < 1.29 is 17.9 Å². The van der Waals surface area contributed by atoms with Crippen molar-refractivity contribution in [1.29, 1.82) is 0 Å². The van der Waals surface area contributed by atoms with E-state index in [9.17, 15) is 13.2 Å². The van der Waals surface area contributed by atoms with Crippen molar-refractivity contribution in [2.45, 2.75) is 43.4 Å². The molecule has 0 unspecified atom stereocenters. The SMILES string of the molecule is Cc1cccc(OCC(=O)NCc2ccc(S(=O)(=O)N3CCCCCC3)s2)c1. The zero-order valence-corrected chi connectivity index (χ0v) is 17.7. The summed E-state index contributed by atoms with van der Waals surface area (Å²) < 4.78 is 33.0. The van der Waals surface area contributed by atoms with Crippen molar-refractivity contribution in [3.05, 3.63) is 46.8 Å². The zero-order chi connectivity index (χ0) is 20.0. The van der Waals surface area contributed by atoms with Crippen LogP contribution in [0.1, 0.15) is 36.1 Å². The molecule has 1 saturated heterocycles. The maximum Gasteiger partial charge on any atom is 0.258 e. The molecule has 1 fully saturated rings. The first-order valence-corrected chi connectivity index (χ1v) is 11.8. The van der Waals surface area contributed by atoms with Crippen molar-refractivity contribution in [1.82, 2.24) is 9.62 Å². The molecule has 0 bridgehead atoms. The van der Waals surface area contributed by atoms with Gasteiger partial charge >= 0.3 is 0 Å². The molecular weight excluding hydrogens is 396 g/mol. The van der Waals surface area contributed by atoms with E-state index < -0.39 is 10.0 Å². The molecule has 1 N–H and O–H groups in total. The summed E-state index contributed by atoms with van der Waals surface area (Å²) in [6.07, 6.45) is 3.99. The normalized spacial score (nSPS) is 15.8. The molecule has 152 valence electrons. The first kappa shape index (κ1) is 20.8. The van der Waals surface area contributed by atoms with Gasteiger partial charge in [0.15, 0.2) is 6.61 Å². The van der Waals surface area contributed by atoms with E-state index in [1.54, 1.807) is 22.5 Å². The van der Waals surface area contributed by atoms with Crippen LogP contribution >= 0.6 is 11.3 Å². The second-order valence-corrected chi connectivity index (χ2v) is 10.3. The number of carbonyl (C=O) groups is 1. The van der Waals surface area contributed by atoms with Crippen LogP contribution in [0.5, 0.6) is 5.75 Å². The molecule has 8 heteroatoms. The highest BCUT2D eigenvalue weighted by atomic mass is 32.2. The minimum Gasteiger partial charge on any atom is -0.484 e. The van der Waals surface area contributed by atoms with Crippen LogP contribution in [0.15, 0.2) is 40.6 Å². The Morgan fingerprint density at radius 1 is 1.14 bits per heavy atom. The van der Waals surface area contributed by atoms with Gasteiger partial charge in [0, 0.05) is 18.0 Å². The van der Waals surface area contributed by atoms with E-state index >= 15 is 0 Å². The Balaban J connectivity index is 1.52. The fraction of sp³-hybridized carbons (Fsp3) is 0.450.